The first-order chi connectivity index (χ1) is 12.6. The number of hydrogen-bond donors (Lipinski definition) is 0. The van der Waals surface area contributed by atoms with Crippen LogP contribution in [-0.4, -0.2) is 10.9 Å². The van der Waals surface area contributed by atoms with Gasteiger partial charge in [-0.25, -0.2) is 4.79 Å². The van der Waals surface area contributed by atoms with Gasteiger partial charge in [-0.1, -0.05) is 30.3 Å². The van der Waals surface area contributed by atoms with Gasteiger partial charge in [-0.2, -0.15) is 0 Å². The lowest BCUT2D eigenvalue weighted by atomic mass is 10.2. The predicted molar refractivity (Wildman–Crippen MR) is 95.3 cm³/mol. The number of carbonyl (C=O) groups excluding carboxylic acids is 1. The molecule has 130 valence electrons. The van der Waals surface area contributed by atoms with E-state index in [-0.39, 0.29) is 11.3 Å². The van der Waals surface area contributed by atoms with E-state index < -0.39 is 10.9 Å². The molecule has 0 aliphatic heterocycles. The van der Waals surface area contributed by atoms with Gasteiger partial charge in [-0.05, 0) is 42.0 Å². The van der Waals surface area contributed by atoms with Crippen molar-refractivity contribution in [3.8, 4) is 11.5 Å². The molecule has 0 unspecified atom stereocenters. The van der Waals surface area contributed by atoms with Crippen LogP contribution in [0, 0.1) is 10.1 Å². The van der Waals surface area contributed by atoms with Crippen molar-refractivity contribution < 1.29 is 19.2 Å². The molecule has 3 aromatic rings. The summed E-state index contributed by atoms with van der Waals surface area (Å²) in [5.41, 5.74) is 1.21. The first-order valence-electron chi connectivity index (χ1n) is 7.85. The molecule has 0 fully saturated rings. The number of non-ortho nitro benzene ring substituents is 1. The van der Waals surface area contributed by atoms with Gasteiger partial charge in [0.1, 0.15) is 18.1 Å². The Balaban J connectivity index is 1.58. The van der Waals surface area contributed by atoms with E-state index in [1.54, 1.807) is 24.3 Å². The summed E-state index contributed by atoms with van der Waals surface area (Å²) in [6.45, 7) is 0.447. The van der Waals surface area contributed by atoms with E-state index in [2.05, 4.69) is 0 Å². The molecular formula is C20H15NO5. The van der Waals surface area contributed by atoms with Crippen LogP contribution in [0.1, 0.15) is 15.9 Å². The Kier molecular flexibility index (Phi) is 5.24. The van der Waals surface area contributed by atoms with Gasteiger partial charge in [0.2, 0.25) is 0 Å². The fraction of sp³-hybridized carbons (Fsp3) is 0.0500. The zero-order chi connectivity index (χ0) is 18.4. The maximum absolute atomic E-state index is 12.1. The third-order valence-electron chi connectivity index (χ3n) is 3.60. The van der Waals surface area contributed by atoms with Crippen LogP contribution in [0.4, 0.5) is 5.69 Å². The monoisotopic (exact) mass is 349 g/mol. The van der Waals surface area contributed by atoms with Crippen LogP contribution in [0.25, 0.3) is 0 Å². The standard InChI is InChI=1S/C20H15NO5/c22-20(16-6-8-17(9-7-16)21(23)24)26-19-12-10-18(11-13-19)25-14-15-4-2-1-3-5-15/h1-13H,14H2. The Hall–Kier alpha value is -3.67. The first-order valence-corrected chi connectivity index (χ1v) is 7.85. The SMILES string of the molecule is O=C(Oc1ccc(OCc2ccccc2)cc1)c1ccc([N+](=O)[O-])cc1. The molecule has 0 N–H and O–H groups in total. The van der Waals surface area contributed by atoms with Crippen molar-refractivity contribution in [2.24, 2.45) is 0 Å². The molecule has 0 aliphatic rings. The fourth-order valence-electron chi connectivity index (χ4n) is 2.23. The van der Waals surface area contributed by atoms with Gasteiger partial charge in [0.25, 0.3) is 5.69 Å². The quantitative estimate of drug-likeness (QED) is 0.285. The molecule has 6 heteroatoms. The number of hydrogen-bond acceptors (Lipinski definition) is 5. The van der Waals surface area contributed by atoms with Crippen molar-refractivity contribution in [2.75, 3.05) is 0 Å². The molecule has 0 bridgehead atoms. The van der Waals surface area contributed by atoms with Gasteiger partial charge in [0.05, 0.1) is 10.5 Å². The molecule has 0 atom stereocenters. The van der Waals surface area contributed by atoms with Gasteiger partial charge in [0, 0.05) is 12.1 Å². The maximum atomic E-state index is 12.1. The number of carbonyl (C=O) groups is 1. The lowest BCUT2D eigenvalue weighted by Gasteiger charge is -2.08. The van der Waals surface area contributed by atoms with Crippen LogP contribution >= 0.6 is 0 Å². The molecule has 0 spiro atoms. The number of ether oxygens (including phenoxy) is 2. The number of nitrogens with zero attached hydrogens (tertiary/aromatic N) is 1. The van der Waals surface area contributed by atoms with Gasteiger partial charge >= 0.3 is 5.97 Å². The number of esters is 1. The normalized spacial score (nSPS) is 10.2. The lowest BCUT2D eigenvalue weighted by molar-refractivity contribution is -0.384. The van der Waals surface area contributed by atoms with Crippen molar-refractivity contribution in [1.29, 1.82) is 0 Å². The molecule has 0 radical (unpaired) electrons. The highest BCUT2D eigenvalue weighted by molar-refractivity contribution is 5.91. The van der Waals surface area contributed by atoms with E-state index in [0.717, 1.165) is 5.56 Å². The topological polar surface area (TPSA) is 78.7 Å². The Morgan fingerprint density at radius 2 is 1.46 bits per heavy atom. The zero-order valence-electron chi connectivity index (χ0n) is 13.7. The summed E-state index contributed by atoms with van der Waals surface area (Å²) in [5, 5.41) is 10.6. The second-order valence-electron chi connectivity index (χ2n) is 5.44. The van der Waals surface area contributed by atoms with E-state index >= 15 is 0 Å². The Bertz CT molecular complexity index is 890. The number of nitro benzene ring substituents is 1. The Labute approximate surface area is 149 Å². The van der Waals surface area contributed by atoms with Crippen molar-refractivity contribution in [3.05, 3.63) is 100 Å². The highest BCUT2D eigenvalue weighted by Crippen LogP contribution is 2.20. The van der Waals surface area contributed by atoms with Gasteiger partial charge in [-0.3, -0.25) is 10.1 Å². The van der Waals surface area contributed by atoms with Crippen molar-refractivity contribution in [1.82, 2.24) is 0 Å². The Morgan fingerprint density at radius 1 is 0.846 bits per heavy atom. The highest BCUT2D eigenvalue weighted by atomic mass is 16.6. The number of nitro groups is 1. The second kappa shape index (κ2) is 7.94. The fourth-order valence-corrected chi connectivity index (χ4v) is 2.23. The van der Waals surface area contributed by atoms with Gasteiger partial charge in [0.15, 0.2) is 0 Å². The number of benzene rings is 3. The van der Waals surface area contributed by atoms with Crippen molar-refractivity contribution >= 4 is 11.7 Å². The van der Waals surface area contributed by atoms with Crippen LogP contribution in [-0.2, 0) is 6.61 Å². The summed E-state index contributed by atoms with van der Waals surface area (Å²) in [7, 11) is 0. The minimum absolute atomic E-state index is 0.0820. The minimum Gasteiger partial charge on any atom is -0.489 e. The first kappa shape index (κ1) is 17.2. The lowest BCUT2D eigenvalue weighted by Crippen LogP contribution is -2.08. The van der Waals surface area contributed by atoms with E-state index in [9.17, 15) is 14.9 Å². The summed E-state index contributed by atoms with van der Waals surface area (Å²) in [4.78, 5) is 22.2. The molecular weight excluding hydrogens is 334 g/mol. The van der Waals surface area contributed by atoms with E-state index in [1.165, 1.54) is 24.3 Å². The summed E-state index contributed by atoms with van der Waals surface area (Å²) in [5.74, 6) is 0.433. The summed E-state index contributed by atoms with van der Waals surface area (Å²) < 4.78 is 10.9. The smallest absolute Gasteiger partial charge is 0.343 e. The molecule has 0 heterocycles. The number of rotatable bonds is 6. The minimum atomic E-state index is -0.585. The van der Waals surface area contributed by atoms with Crippen LogP contribution in [0.15, 0.2) is 78.9 Å². The zero-order valence-corrected chi connectivity index (χ0v) is 13.7. The molecule has 3 aromatic carbocycles. The van der Waals surface area contributed by atoms with E-state index in [1.807, 2.05) is 30.3 Å². The molecule has 0 amide bonds. The summed E-state index contributed by atoms with van der Waals surface area (Å²) in [6.07, 6.45) is 0. The largest absolute Gasteiger partial charge is 0.489 e. The van der Waals surface area contributed by atoms with E-state index in [4.69, 9.17) is 9.47 Å². The van der Waals surface area contributed by atoms with E-state index in [0.29, 0.717) is 18.1 Å². The van der Waals surface area contributed by atoms with Gasteiger partial charge < -0.3 is 9.47 Å². The summed E-state index contributed by atoms with van der Waals surface area (Å²) >= 11 is 0. The molecule has 6 nitrogen and oxygen atoms in total. The molecule has 26 heavy (non-hydrogen) atoms. The summed E-state index contributed by atoms with van der Waals surface area (Å²) in [6, 6.07) is 21.7. The second-order valence-corrected chi connectivity index (χ2v) is 5.44. The average molecular weight is 349 g/mol. The molecule has 0 saturated heterocycles. The van der Waals surface area contributed by atoms with Crippen LogP contribution in [0.3, 0.4) is 0 Å². The van der Waals surface area contributed by atoms with Crippen molar-refractivity contribution in [2.45, 2.75) is 6.61 Å². The van der Waals surface area contributed by atoms with Crippen LogP contribution in [0.2, 0.25) is 0 Å². The molecule has 0 aromatic heterocycles. The maximum Gasteiger partial charge on any atom is 0.343 e. The molecule has 0 saturated carbocycles. The highest BCUT2D eigenvalue weighted by Gasteiger charge is 2.11. The van der Waals surface area contributed by atoms with Gasteiger partial charge in [-0.15, -0.1) is 0 Å². The van der Waals surface area contributed by atoms with Crippen LogP contribution < -0.4 is 9.47 Å². The van der Waals surface area contributed by atoms with Crippen molar-refractivity contribution in [3.63, 3.8) is 0 Å². The Morgan fingerprint density at radius 3 is 2.08 bits per heavy atom. The molecule has 3 rings (SSSR count). The average Bonchev–Trinajstić information content (AvgIpc) is 2.68. The predicted octanol–water partition coefficient (Wildman–Crippen LogP) is 4.39. The molecule has 0 aliphatic carbocycles. The third-order valence-corrected chi connectivity index (χ3v) is 3.60. The third kappa shape index (κ3) is 4.45. The van der Waals surface area contributed by atoms with Crippen LogP contribution in [0.5, 0.6) is 11.5 Å².